The molecule has 0 aliphatic rings. The number of amidine groups is 1. The average molecular weight is 277 g/mol. The van der Waals surface area contributed by atoms with Gasteiger partial charge in [-0.05, 0) is 36.5 Å². The van der Waals surface area contributed by atoms with Gasteiger partial charge in [0.05, 0.1) is 0 Å². The number of benzene rings is 1. The fourth-order valence-electron chi connectivity index (χ4n) is 2.33. The van der Waals surface area contributed by atoms with E-state index in [-0.39, 0.29) is 5.84 Å². The Balaban J connectivity index is 3.25. The van der Waals surface area contributed by atoms with E-state index in [4.69, 9.17) is 10.9 Å². The highest BCUT2D eigenvalue weighted by Crippen LogP contribution is 2.24. The molecular weight excluding hydrogens is 250 g/mol. The normalized spacial score (nSPS) is 12.2. The third-order valence-electron chi connectivity index (χ3n) is 3.05. The van der Waals surface area contributed by atoms with Crippen LogP contribution in [0.3, 0.4) is 0 Å². The third-order valence-corrected chi connectivity index (χ3v) is 3.05. The van der Waals surface area contributed by atoms with Gasteiger partial charge in [0.1, 0.15) is 0 Å². The van der Waals surface area contributed by atoms with E-state index in [0.717, 1.165) is 24.3 Å². The van der Waals surface area contributed by atoms with E-state index in [1.165, 1.54) is 5.56 Å². The smallest absolute Gasteiger partial charge is 0.172 e. The Hall–Kier alpha value is -1.71. The lowest BCUT2D eigenvalue weighted by atomic mass is 10.0. The van der Waals surface area contributed by atoms with Crippen LogP contribution in [0.1, 0.15) is 38.8 Å². The molecule has 112 valence electrons. The van der Waals surface area contributed by atoms with Gasteiger partial charge < -0.3 is 15.8 Å². The van der Waals surface area contributed by atoms with Crippen molar-refractivity contribution >= 4 is 11.5 Å². The van der Waals surface area contributed by atoms with E-state index in [2.05, 4.69) is 50.7 Å². The molecule has 1 aromatic rings. The zero-order valence-corrected chi connectivity index (χ0v) is 13.2. The van der Waals surface area contributed by atoms with Crippen LogP contribution >= 0.6 is 0 Å². The fourth-order valence-corrected chi connectivity index (χ4v) is 2.33. The van der Waals surface area contributed by atoms with Gasteiger partial charge in [0.15, 0.2) is 5.84 Å². The van der Waals surface area contributed by atoms with Crippen molar-refractivity contribution in [3.63, 3.8) is 0 Å². The van der Waals surface area contributed by atoms with Gasteiger partial charge in [0.2, 0.25) is 0 Å². The summed E-state index contributed by atoms with van der Waals surface area (Å²) in [6.45, 7) is 12.8. The molecule has 0 radical (unpaired) electrons. The van der Waals surface area contributed by atoms with Crippen LogP contribution in [-0.2, 0) is 0 Å². The molecule has 0 spiro atoms. The molecule has 4 heteroatoms. The zero-order chi connectivity index (χ0) is 15.3. The van der Waals surface area contributed by atoms with Gasteiger partial charge in [-0.2, -0.15) is 0 Å². The minimum Gasteiger partial charge on any atom is -0.409 e. The Bertz CT molecular complexity index is 457. The van der Waals surface area contributed by atoms with Crippen LogP contribution in [0.25, 0.3) is 0 Å². The van der Waals surface area contributed by atoms with Crippen LogP contribution in [0.4, 0.5) is 5.69 Å². The summed E-state index contributed by atoms with van der Waals surface area (Å²) in [6.07, 6.45) is 0. The van der Waals surface area contributed by atoms with Crippen LogP contribution in [0.2, 0.25) is 0 Å². The summed E-state index contributed by atoms with van der Waals surface area (Å²) < 4.78 is 0. The molecule has 0 aliphatic carbocycles. The first-order chi connectivity index (χ1) is 9.35. The second-order valence-corrected chi connectivity index (χ2v) is 6.20. The monoisotopic (exact) mass is 277 g/mol. The van der Waals surface area contributed by atoms with Crippen molar-refractivity contribution in [1.29, 1.82) is 0 Å². The standard InChI is InChI=1S/C16H27N3O/c1-11(2)9-19(10-12(3)4)15-8-13(5)6-7-14(15)16(17)18-20/h6-8,11-12,20H,9-10H2,1-5H3,(H2,17,18). The summed E-state index contributed by atoms with van der Waals surface area (Å²) in [6, 6.07) is 6.02. The lowest BCUT2D eigenvalue weighted by molar-refractivity contribution is 0.318. The predicted octanol–water partition coefficient (Wildman–Crippen LogP) is 3.21. The molecule has 0 aromatic heterocycles. The molecule has 1 aromatic carbocycles. The summed E-state index contributed by atoms with van der Waals surface area (Å²) in [5, 5.41) is 12.1. The third kappa shape index (κ3) is 4.44. The summed E-state index contributed by atoms with van der Waals surface area (Å²) in [5.74, 6) is 1.27. The molecular formula is C16H27N3O. The van der Waals surface area contributed by atoms with E-state index >= 15 is 0 Å². The maximum absolute atomic E-state index is 8.97. The molecule has 3 N–H and O–H groups in total. The molecule has 0 saturated carbocycles. The van der Waals surface area contributed by atoms with Gasteiger partial charge in [0, 0.05) is 24.3 Å². The number of hydrogen-bond donors (Lipinski definition) is 2. The van der Waals surface area contributed by atoms with Crippen molar-refractivity contribution in [2.45, 2.75) is 34.6 Å². The minimum absolute atomic E-state index is 0.164. The number of nitrogens with two attached hydrogens (primary N) is 1. The van der Waals surface area contributed by atoms with Crippen molar-refractivity contribution in [2.75, 3.05) is 18.0 Å². The lowest BCUT2D eigenvalue weighted by Gasteiger charge is -2.30. The molecule has 0 heterocycles. The molecule has 0 fully saturated rings. The lowest BCUT2D eigenvalue weighted by Crippen LogP contribution is -2.33. The van der Waals surface area contributed by atoms with E-state index in [9.17, 15) is 0 Å². The highest BCUT2D eigenvalue weighted by Gasteiger charge is 2.16. The van der Waals surface area contributed by atoms with E-state index in [1.54, 1.807) is 0 Å². The van der Waals surface area contributed by atoms with Crippen molar-refractivity contribution in [2.24, 2.45) is 22.7 Å². The molecule has 0 aliphatic heterocycles. The SMILES string of the molecule is Cc1ccc(C(N)=NO)c(N(CC(C)C)CC(C)C)c1. The van der Waals surface area contributed by atoms with Gasteiger partial charge in [-0.1, -0.05) is 38.9 Å². The van der Waals surface area contributed by atoms with E-state index in [1.807, 2.05) is 12.1 Å². The zero-order valence-electron chi connectivity index (χ0n) is 13.2. The topological polar surface area (TPSA) is 61.9 Å². The Labute approximate surface area is 122 Å². The van der Waals surface area contributed by atoms with Crippen LogP contribution in [0, 0.1) is 18.8 Å². The van der Waals surface area contributed by atoms with Crippen molar-refractivity contribution in [3.05, 3.63) is 29.3 Å². The first kappa shape index (κ1) is 16.3. The van der Waals surface area contributed by atoms with Gasteiger partial charge in [-0.25, -0.2) is 0 Å². The van der Waals surface area contributed by atoms with Crippen molar-refractivity contribution in [3.8, 4) is 0 Å². The Morgan fingerprint density at radius 2 is 1.75 bits per heavy atom. The van der Waals surface area contributed by atoms with Crippen molar-refractivity contribution in [1.82, 2.24) is 0 Å². The second kappa shape index (κ2) is 7.17. The molecule has 0 amide bonds. The van der Waals surface area contributed by atoms with Crippen LogP contribution in [0.15, 0.2) is 23.4 Å². The van der Waals surface area contributed by atoms with Crippen LogP contribution < -0.4 is 10.6 Å². The highest BCUT2D eigenvalue weighted by atomic mass is 16.4. The molecule has 0 saturated heterocycles. The number of oxime groups is 1. The Morgan fingerprint density at radius 1 is 1.20 bits per heavy atom. The van der Waals surface area contributed by atoms with Crippen LogP contribution in [0.5, 0.6) is 0 Å². The van der Waals surface area contributed by atoms with Gasteiger partial charge >= 0.3 is 0 Å². The molecule has 4 nitrogen and oxygen atoms in total. The maximum Gasteiger partial charge on any atom is 0.172 e. The molecule has 0 bridgehead atoms. The second-order valence-electron chi connectivity index (χ2n) is 6.20. The maximum atomic E-state index is 8.97. The van der Waals surface area contributed by atoms with Gasteiger partial charge in [-0.15, -0.1) is 0 Å². The Kier molecular flexibility index (Phi) is 5.86. The Morgan fingerprint density at radius 3 is 2.20 bits per heavy atom. The van der Waals surface area contributed by atoms with E-state index < -0.39 is 0 Å². The molecule has 0 unspecified atom stereocenters. The first-order valence-corrected chi connectivity index (χ1v) is 7.18. The van der Waals surface area contributed by atoms with Crippen LogP contribution in [-0.4, -0.2) is 24.1 Å². The largest absolute Gasteiger partial charge is 0.409 e. The minimum atomic E-state index is 0.164. The van der Waals surface area contributed by atoms with E-state index in [0.29, 0.717) is 11.8 Å². The number of hydrogen-bond acceptors (Lipinski definition) is 3. The summed E-state index contributed by atoms with van der Waals surface area (Å²) in [7, 11) is 0. The van der Waals surface area contributed by atoms with Crippen molar-refractivity contribution < 1.29 is 5.21 Å². The molecule has 0 atom stereocenters. The summed E-state index contributed by atoms with van der Waals surface area (Å²) >= 11 is 0. The summed E-state index contributed by atoms with van der Waals surface area (Å²) in [4.78, 5) is 2.33. The van der Waals surface area contributed by atoms with Gasteiger partial charge in [-0.3, -0.25) is 0 Å². The number of nitrogens with zero attached hydrogens (tertiary/aromatic N) is 2. The highest BCUT2D eigenvalue weighted by molar-refractivity contribution is 6.02. The fraction of sp³-hybridized carbons (Fsp3) is 0.562. The number of rotatable bonds is 6. The molecule has 1 rings (SSSR count). The molecule has 20 heavy (non-hydrogen) atoms. The number of aryl methyl sites for hydroxylation is 1. The predicted molar refractivity (Wildman–Crippen MR) is 85.6 cm³/mol. The quantitative estimate of drug-likeness (QED) is 0.363. The van der Waals surface area contributed by atoms with Gasteiger partial charge in [0.25, 0.3) is 0 Å². The summed E-state index contributed by atoms with van der Waals surface area (Å²) in [5.41, 5.74) is 8.83. The average Bonchev–Trinajstić information content (AvgIpc) is 2.36. The number of anilines is 1. The first-order valence-electron chi connectivity index (χ1n) is 7.18.